The molecular weight excluding hydrogens is 390 g/mol. The van der Waals surface area contributed by atoms with Gasteiger partial charge in [0.25, 0.3) is 0 Å². The average molecular weight is 412 g/mol. The van der Waals surface area contributed by atoms with E-state index >= 15 is 0 Å². The van der Waals surface area contributed by atoms with E-state index < -0.39 is 0 Å². The normalized spacial score (nSPS) is 10.5. The van der Waals surface area contributed by atoms with Crippen molar-refractivity contribution in [3.8, 4) is 11.3 Å². The van der Waals surface area contributed by atoms with Gasteiger partial charge in [0.15, 0.2) is 4.34 Å². The monoisotopic (exact) mass is 411 g/mol. The van der Waals surface area contributed by atoms with Crippen LogP contribution in [0.15, 0.2) is 65.0 Å². The lowest BCUT2D eigenvalue weighted by molar-refractivity contribution is -0.118. The SMILES string of the molecule is CNC(=O)CSc1nc(-c2ccccc2)c(NC(=O)CCc2ccccc2)s1. The molecule has 0 aliphatic rings. The zero-order valence-corrected chi connectivity index (χ0v) is 17.1. The van der Waals surface area contributed by atoms with Gasteiger partial charge in [0, 0.05) is 19.0 Å². The van der Waals surface area contributed by atoms with Crippen LogP contribution in [0, 0.1) is 0 Å². The Bertz CT molecular complexity index is 927. The summed E-state index contributed by atoms with van der Waals surface area (Å²) in [6.07, 6.45) is 1.08. The van der Waals surface area contributed by atoms with Crippen LogP contribution in [0.1, 0.15) is 12.0 Å². The fourth-order valence-corrected chi connectivity index (χ4v) is 4.48. The second kappa shape index (κ2) is 10.1. The molecule has 0 aliphatic carbocycles. The van der Waals surface area contributed by atoms with E-state index in [0.717, 1.165) is 21.2 Å². The summed E-state index contributed by atoms with van der Waals surface area (Å²) in [5.41, 5.74) is 2.80. The van der Waals surface area contributed by atoms with E-state index in [9.17, 15) is 9.59 Å². The number of hydrogen-bond donors (Lipinski definition) is 2. The average Bonchev–Trinajstić information content (AvgIpc) is 3.14. The van der Waals surface area contributed by atoms with Gasteiger partial charge in [-0.05, 0) is 12.0 Å². The Morgan fingerprint density at radius 2 is 1.68 bits per heavy atom. The van der Waals surface area contributed by atoms with Gasteiger partial charge < -0.3 is 10.6 Å². The first kappa shape index (κ1) is 20.1. The van der Waals surface area contributed by atoms with Crippen LogP contribution in [0.5, 0.6) is 0 Å². The van der Waals surface area contributed by atoms with Crippen molar-refractivity contribution in [2.45, 2.75) is 17.2 Å². The number of benzene rings is 2. The Morgan fingerprint density at radius 3 is 2.36 bits per heavy atom. The highest BCUT2D eigenvalue weighted by Crippen LogP contribution is 2.37. The molecule has 0 fully saturated rings. The molecule has 0 unspecified atom stereocenters. The summed E-state index contributed by atoms with van der Waals surface area (Å²) in [6.45, 7) is 0. The minimum Gasteiger partial charge on any atom is -0.358 e. The quantitative estimate of drug-likeness (QED) is 0.545. The van der Waals surface area contributed by atoms with Gasteiger partial charge >= 0.3 is 0 Å². The number of nitrogens with zero attached hydrogens (tertiary/aromatic N) is 1. The Hall–Kier alpha value is -2.64. The van der Waals surface area contributed by atoms with E-state index in [-0.39, 0.29) is 11.8 Å². The molecule has 0 aliphatic heterocycles. The molecule has 0 saturated heterocycles. The van der Waals surface area contributed by atoms with Gasteiger partial charge in [-0.2, -0.15) is 0 Å². The van der Waals surface area contributed by atoms with Gasteiger partial charge in [-0.15, -0.1) is 0 Å². The van der Waals surface area contributed by atoms with Crippen molar-refractivity contribution in [2.24, 2.45) is 0 Å². The van der Waals surface area contributed by atoms with Crippen molar-refractivity contribution in [1.29, 1.82) is 0 Å². The van der Waals surface area contributed by atoms with Crippen LogP contribution in [-0.2, 0) is 16.0 Å². The molecule has 1 heterocycles. The summed E-state index contributed by atoms with van der Waals surface area (Å²) in [7, 11) is 1.61. The molecule has 28 heavy (non-hydrogen) atoms. The van der Waals surface area contributed by atoms with Crippen molar-refractivity contribution < 1.29 is 9.59 Å². The number of hydrogen-bond acceptors (Lipinski definition) is 5. The van der Waals surface area contributed by atoms with Crippen molar-refractivity contribution in [2.75, 3.05) is 18.1 Å². The summed E-state index contributed by atoms with van der Waals surface area (Å²) < 4.78 is 0.751. The molecule has 0 bridgehead atoms. The Kier molecular flexibility index (Phi) is 7.22. The Balaban J connectivity index is 1.73. The van der Waals surface area contributed by atoms with Gasteiger partial charge in [-0.25, -0.2) is 4.98 Å². The standard InChI is InChI=1S/C21H21N3O2S2/c1-22-18(26)14-27-21-24-19(16-10-6-3-7-11-16)20(28-21)23-17(25)13-12-15-8-4-2-5-9-15/h2-11H,12-14H2,1H3,(H,22,26)(H,23,25). The Labute approximate surface area is 172 Å². The van der Waals surface area contributed by atoms with E-state index in [1.807, 2.05) is 60.7 Å². The van der Waals surface area contributed by atoms with E-state index in [1.54, 1.807) is 7.05 Å². The van der Waals surface area contributed by atoms with Crippen LogP contribution in [0.25, 0.3) is 11.3 Å². The molecule has 5 nitrogen and oxygen atoms in total. The minimum atomic E-state index is -0.0603. The number of thioether (sulfide) groups is 1. The number of amides is 2. The molecule has 0 radical (unpaired) electrons. The van der Waals surface area contributed by atoms with Gasteiger partial charge in [-0.1, -0.05) is 83.8 Å². The van der Waals surface area contributed by atoms with Crippen LogP contribution in [0.3, 0.4) is 0 Å². The van der Waals surface area contributed by atoms with Crippen molar-refractivity contribution in [3.63, 3.8) is 0 Å². The summed E-state index contributed by atoms with van der Waals surface area (Å²) in [6, 6.07) is 19.7. The predicted octanol–water partition coefficient (Wildman–Crippen LogP) is 4.22. The highest BCUT2D eigenvalue weighted by Gasteiger charge is 2.16. The lowest BCUT2D eigenvalue weighted by Gasteiger charge is -2.05. The lowest BCUT2D eigenvalue weighted by atomic mass is 10.1. The maximum atomic E-state index is 12.5. The molecule has 2 amide bonds. The van der Waals surface area contributed by atoms with E-state index in [4.69, 9.17) is 0 Å². The number of carbonyl (C=O) groups is 2. The van der Waals surface area contributed by atoms with Gasteiger partial charge in [-0.3, -0.25) is 9.59 Å². The molecule has 2 N–H and O–H groups in total. The number of aryl methyl sites for hydroxylation is 1. The van der Waals surface area contributed by atoms with Crippen molar-refractivity contribution >= 4 is 39.9 Å². The maximum absolute atomic E-state index is 12.5. The first-order chi connectivity index (χ1) is 13.7. The molecule has 3 aromatic rings. The molecular formula is C21H21N3O2S2. The molecule has 0 saturated carbocycles. The van der Waals surface area contributed by atoms with Crippen molar-refractivity contribution in [1.82, 2.24) is 10.3 Å². The van der Waals surface area contributed by atoms with E-state index in [2.05, 4.69) is 15.6 Å². The third kappa shape index (κ3) is 5.68. The van der Waals surface area contributed by atoms with Crippen LogP contribution in [-0.4, -0.2) is 29.6 Å². The number of anilines is 1. The first-order valence-electron chi connectivity index (χ1n) is 8.89. The van der Waals surface area contributed by atoms with E-state index in [0.29, 0.717) is 23.6 Å². The fraction of sp³-hybridized carbons (Fsp3) is 0.190. The maximum Gasteiger partial charge on any atom is 0.230 e. The third-order valence-electron chi connectivity index (χ3n) is 4.00. The zero-order valence-electron chi connectivity index (χ0n) is 15.5. The minimum absolute atomic E-state index is 0.0486. The largest absolute Gasteiger partial charge is 0.358 e. The molecule has 7 heteroatoms. The lowest BCUT2D eigenvalue weighted by Crippen LogP contribution is -2.19. The fourth-order valence-electron chi connectivity index (χ4n) is 2.53. The summed E-state index contributed by atoms with van der Waals surface area (Å²) in [5.74, 6) is 0.182. The Morgan fingerprint density at radius 1 is 1.00 bits per heavy atom. The molecule has 1 aromatic heterocycles. The molecule has 144 valence electrons. The van der Waals surface area contributed by atoms with Gasteiger partial charge in [0.2, 0.25) is 11.8 Å². The topological polar surface area (TPSA) is 71.1 Å². The summed E-state index contributed by atoms with van der Waals surface area (Å²) in [4.78, 5) is 28.7. The summed E-state index contributed by atoms with van der Waals surface area (Å²) >= 11 is 2.76. The van der Waals surface area contributed by atoms with Crippen LogP contribution < -0.4 is 10.6 Å². The van der Waals surface area contributed by atoms with Crippen LogP contribution in [0.2, 0.25) is 0 Å². The van der Waals surface area contributed by atoms with E-state index in [1.165, 1.54) is 23.1 Å². The number of thiazole rings is 1. The second-order valence-corrected chi connectivity index (χ2v) is 8.24. The number of rotatable bonds is 8. The molecule has 0 spiro atoms. The third-order valence-corrected chi connectivity index (χ3v) is 6.11. The molecule has 2 aromatic carbocycles. The van der Waals surface area contributed by atoms with Gasteiger partial charge in [0.05, 0.1) is 5.75 Å². The van der Waals surface area contributed by atoms with Crippen molar-refractivity contribution in [3.05, 3.63) is 66.2 Å². The highest BCUT2D eigenvalue weighted by atomic mass is 32.2. The zero-order chi connectivity index (χ0) is 19.8. The molecule has 0 atom stereocenters. The number of carbonyl (C=O) groups excluding carboxylic acids is 2. The van der Waals surface area contributed by atoms with Crippen LogP contribution in [0.4, 0.5) is 5.00 Å². The molecule has 3 rings (SSSR count). The second-order valence-electron chi connectivity index (χ2n) is 6.02. The smallest absolute Gasteiger partial charge is 0.230 e. The van der Waals surface area contributed by atoms with Crippen LogP contribution >= 0.6 is 23.1 Å². The highest BCUT2D eigenvalue weighted by molar-refractivity contribution is 8.01. The number of aromatic nitrogens is 1. The number of nitrogens with one attached hydrogen (secondary N) is 2. The van der Waals surface area contributed by atoms with Gasteiger partial charge in [0.1, 0.15) is 10.7 Å². The summed E-state index contributed by atoms with van der Waals surface area (Å²) in [5, 5.41) is 6.32. The first-order valence-corrected chi connectivity index (χ1v) is 10.7. The predicted molar refractivity (Wildman–Crippen MR) is 116 cm³/mol.